The minimum atomic E-state index is -0.613. The predicted octanol–water partition coefficient (Wildman–Crippen LogP) is 4.52. The van der Waals surface area contributed by atoms with Crippen molar-refractivity contribution in [3.8, 4) is 11.5 Å². The second kappa shape index (κ2) is 10.3. The van der Waals surface area contributed by atoms with Crippen molar-refractivity contribution >= 4 is 0 Å². The quantitative estimate of drug-likeness (QED) is 0.570. The lowest BCUT2D eigenvalue weighted by molar-refractivity contribution is 0.155. The third-order valence-electron chi connectivity index (χ3n) is 4.61. The third kappa shape index (κ3) is 6.89. The second-order valence-electron chi connectivity index (χ2n) is 7.55. The van der Waals surface area contributed by atoms with E-state index in [9.17, 15) is 5.11 Å². The summed E-state index contributed by atoms with van der Waals surface area (Å²) in [7, 11) is 1.67. The molecule has 148 valence electrons. The highest BCUT2D eigenvalue weighted by atomic mass is 16.5. The highest BCUT2D eigenvalue weighted by molar-refractivity contribution is 5.35. The average molecular weight is 372 g/mol. The average Bonchev–Trinajstić information content (AvgIpc) is 2.67. The molecule has 0 amide bonds. The van der Waals surface area contributed by atoms with Crippen LogP contribution in [0.2, 0.25) is 0 Å². The Bertz CT molecular complexity index is 682. The SMILES string of the molecule is CCCCOc1ccccc1C(O)CNC(C)(C)Cc1ccc(OC)cc1. The molecule has 0 aliphatic rings. The number of hydrogen-bond donors (Lipinski definition) is 2. The van der Waals surface area contributed by atoms with Crippen LogP contribution in [0.1, 0.15) is 50.8 Å². The number of unbranched alkanes of at least 4 members (excludes halogenated alkanes) is 1. The van der Waals surface area contributed by atoms with Crippen LogP contribution in [0.25, 0.3) is 0 Å². The standard InChI is InChI=1S/C23H33NO3/c1-5-6-15-27-22-10-8-7-9-20(22)21(25)17-24-23(2,3)16-18-11-13-19(26-4)14-12-18/h7-14,21,24-25H,5-6,15-17H2,1-4H3. The van der Waals surface area contributed by atoms with E-state index in [0.717, 1.165) is 36.3 Å². The second-order valence-corrected chi connectivity index (χ2v) is 7.55. The zero-order chi connectivity index (χ0) is 19.7. The van der Waals surface area contributed by atoms with Gasteiger partial charge in [0.1, 0.15) is 11.5 Å². The predicted molar refractivity (Wildman–Crippen MR) is 111 cm³/mol. The Morgan fingerprint density at radius 2 is 1.78 bits per heavy atom. The molecule has 0 aromatic heterocycles. The van der Waals surface area contributed by atoms with Gasteiger partial charge in [-0.15, -0.1) is 0 Å². The van der Waals surface area contributed by atoms with Gasteiger partial charge >= 0.3 is 0 Å². The van der Waals surface area contributed by atoms with E-state index >= 15 is 0 Å². The number of hydrogen-bond acceptors (Lipinski definition) is 4. The van der Waals surface area contributed by atoms with E-state index < -0.39 is 6.10 Å². The van der Waals surface area contributed by atoms with Crippen LogP contribution in [0, 0.1) is 0 Å². The number of methoxy groups -OCH3 is 1. The molecule has 2 rings (SSSR count). The summed E-state index contributed by atoms with van der Waals surface area (Å²) in [6.45, 7) is 7.58. The van der Waals surface area contributed by atoms with Gasteiger partial charge in [-0.05, 0) is 50.5 Å². The summed E-state index contributed by atoms with van der Waals surface area (Å²) in [5, 5.41) is 14.2. The number of aliphatic hydroxyl groups excluding tert-OH is 1. The van der Waals surface area contributed by atoms with Gasteiger partial charge < -0.3 is 19.9 Å². The molecule has 1 unspecified atom stereocenters. The number of para-hydroxylation sites is 1. The minimum absolute atomic E-state index is 0.145. The first-order valence-electron chi connectivity index (χ1n) is 9.73. The molecule has 2 N–H and O–H groups in total. The fraction of sp³-hybridized carbons (Fsp3) is 0.478. The molecule has 27 heavy (non-hydrogen) atoms. The van der Waals surface area contributed by atoms with Crippen molar-refractivity contribution < 1.29 is 14.6 Å². The Balaban J connectivity index is 1.94. The van der Waals surface area contributed by atoms with Crippen LogP contribution < -0.4 is 14.8 Å². The van der Waals surface area contributed by atoms with E-state index in [4.69, 9.17) is 9.47 Å². The maximum absolute atomic E-state index is 10.7. The summed E-state index contributed by atoms with van der Waals surface area (Å²) < 4.78 is 11.1. The third-order valence-corrected chi connectivity index (χ3v) is 4.61. The Hall–Kier alpha value is -2.04. The summed E-state index contributed by atoms with van der Waals surface area (Å²) in [6, 6.07) is 15.9. The van der Waals surface area contributed by atoms with Crippen LogP contribution in [0.4, 0.5) is 0 Å². The van der Waals surface area contributed by atoms with Crippen LogP contribution in [0.15, 0.2) is 48.5 Å². The number of β-amino-alcohol motifs (C(OH)–C–C–N with tert-alkyl or cyclic N) is 1. The van der Waals surface area contributed by atoms with Crippen molar-refractivity contribution in [3.63, 3.8) is 0 Å². The van der Waals surface area contributed by atoms with Gasteiger partial charge in [0.25, 0.3) is 0 Å². The maximum Gasteiger partial charge on any atom is 0.125 e. The molecule has 4 heteroatoms. The molecule has 0 aliphatic heterocycles. The van der Waals surface area contributed by atoms with E-state index in [2.05, 4.69) is 38.2 Å². The molecule has 0 radical (unpaired) electrons. The number of ether oxygens (including phenoxy) is 2. The Morgan fingerprint density at radius 3 is 2.44 bits per heavy atom. The van der Waals surface area contributed by atoms with Crippen LogP contribution >= 0.6 is 0 Å². The Kier molecular flexibility index (Phi) is 8.14. The van der Waals surface area contributed by atoms with Crippen molar-refractivity contribution in [2.45, 2.75) is 51.7 Å². The molecular formula is C23H33NO3. The van der Waals surface area contributed by atoms with Gasteiger partial charge in [0.15, 0.2) is 0 Å². The van der Waals surface area contributed by atoms with Crippen LogP contribution in [0.3, 0.4) is 0 Å². The fourth-order valence-corrected chi connectivity index (χ4v) is 3.01. The van der Waals surface area contributed by atoms with Gasteiger partial charge in [-0.25, -0.2) is 0 Å². The van der Waals surface area contributed by atoms with E-state index in [1.54, 1.807) is 7.11 Å². The van der Waals surface area contributed by atoms with E-state index in [-0.39, 0.29) is 5.54 Å². The lowest BCUT2D eigenvalue weighted by Crippen LogP contribution is -2.43. The zero-order valence-electron chi connectivity index (χ0n) is 17.0. The van der Waals surface area contributed by atoms with Gasteiger partial charge in [-0.3, -0.25) is 0 Å². The van der Waals surface area contributed by atoms with Crippen molar-refractivity contribution in [3.05, 3.63) is 59.7 Å². The highest BCUT2D eigenvalue weighted by Crippen LogP contribution is 2.26. The molecule has 1 atom stereocenters. The number of rotatable bonds is 11. The van der Waals surface area contributed by atoms with Crippen LogP contribution in [0.5, 0.6) is 11.5 Å². The van der Waals surface area contributed by atoms with Crippen molar-refractivity contribution in [1.29, 1.82) is 0 Å². The maximum atomic E-state index is 10.7. The molecule has 0 spiro atoms. The normalized spacial score (nSPS) is 12.6. The number of benzene rings is 2. The lowest BCUT2D eigenvalue weighted by Gasteiger charge is -2.28. The highest BCUT2D eigenvalue weighted by Gasteiger charge is 2.21. The van der Waals surface area contributed by atoms with E-state index in [1.807, 2.05) is 36.4 Å². The Morgan fingerprint density at radius 1 is 1.07 bits per heavy atom. The molecule has 0 bridgehead atoms. The van der Waals surface area contributed by atoms with Gasteiger partial charge in [0.2, 0.25) is 0 Å². The number of nitrogens with one attached hydrogen (secondary N) is 1. The summed E-state index contributed by atoms with van der Waals surface area (Å²) in [5.41, 5.74) is 1.92. The molecule has 4 nitrogen and oxygen atoms in total. The lowest BCUT2D eigenvalue weighted by atomic mass is 9.94. The zero-order valence-corrected chi connectivity index (χ0v) is 17.0. The van der Waals surface area contributed by atoms with Gasteiger partial charge in [-0.2, -0.15) is 0 Å². The molecule has 2 aromatic carbocycles. The van der Waals surface area contributed by atoms with E-state index in [0.29, 0.717) is 13.2 Å². The monoisotopic (exact) mass is 371 g/mol. The first-order valence-corrected chi connectivity index (χ1v) is 9.73. The molecule has 2 aromatic rings. The first kappa shape index (κ1) is 21.3. The van der Waals surface area contributed by atoms with Crippen molar-refractivity contribution in [2.75, 3.05) is 20.3 Å². The number of aliphatic hydroxyl groups is 1. The van der Waals surface area contributed by atoms with Crippen LogP contribution in [-0.2, 0) is 6.42 Å². The first-order chi connectivity index (χ1) is 12.9. The summed E-state index contributed by atoms with van der Waals surface area (Å²) in [5.74, 6) is 1.63. The summed E-state index contributed by atoms with van der Waals surface area (Å²) >= 11 is 0. The summed E-state index contributed by atoms with van der Waals surface area (Å²) in [6.07, 6.45) is 2.35. The Labute approximate surface area is 163 Å². The van der Waals surface area contributed by atoms with Crippen molar-refractivity contribution in [1.82, 2.24) is 5.32 Å². The molecule has 0 aliphatic carbocycles. The van der Waals surface area contributed by atoms with Gasteiger partial charge in [0, 0.05) is 17.6 Å². The van der Waals surface area contributed by atoms with Crippen molar-refractivity contribution in [2.24, 2.45) is 0 Å². The fourth-order valence-electron chi connectivity index (χ4n) is 3.01. The smallest absolute Gasteiger partial charge is 0.125 e. The molecule has 0 fully saturated rings. The topological polar surface area (TPSA) is 50.7 Å². The van der Waals surface area contributed by atoms with E-state index in [1.165, 1.54) is 5.56 Å². The molecule has 0 heterocycles. The van der Waals surface area contributed by atoms with Gasteiger partial charge in [-0.1, -0.05) is 43.7 Å². The van der Waals surface area contributed by atoms with Crippen LogP contribution in [-0.4, -0.2) is 30.9 Å². The minimum Gasteiger partial charge on any atom is -0.497 e. The molecule has 0 saturated heterocycles. The molecule has 0 saturated carbocycles. The molecular weight excluding hydrogens is 338 g/mol. The van der Waals surface area contributed by atoms with Gasteiger partial charge in [0.05, 0.1) is 19.8 Å². The largest absolute Gasteiger partial charge is 0.497 e. The summed E-state index contributed by atoms with van der Waals surface area (Å²) in [4.78, 5) is 0.